The molecule has 4 heteroatoms. The lowest BCUT2D eigenvalue weighted by atomic mass is 9.85. The van der Waals surface area contributed by atoms with E-state index in [9.17, 15) is 5.26 Å². The fraction of sp³-hybridized carbons (Fsp3) is 0.500. The van der Waals surface area contributed by atoms with Crippen molar-refractivity contribution in [1.29, 1.82) is 5.26 Å². The van der Waals surface area contributed by atoms with Crippen LogP contribution in [0.25, 0.3) is 0 Å². The van der Waals surface area contributed by atoms with Crippen LogP contribution in [0.1, 0.15) is 19.8 Å². The van der Waals surface area contributed by atoms with Crippen molar-refractivity contribution in [2.24, 2.45) is 0 Å². The molecule has 0 aliphatic carbocycles. The van der Waals surface area contributed by atoms with Crippen LogP contribution in [0.15, 0.2) is 28.7 Å². The average molecular weight is 308 g/mol. The van der Waals surface area contributed by atoms with Crippen LogP contribution in [0.3, 0.4) is 0 Å². The Morgan fingerprint density at radius 2 is 2.11 bits per heavy atom. The highest BCUT2D eigenvalue weighted by Gasteiger charge is 2.37. The zero-order chi connectivity index (χ0) is 13.2. The summed E-state index contributed by atoms with van der Waals surface area (Å²) in [6.07, 6.45) is 1.72. The molecule has 0 bridgehead atoms. The molecular weight excluding hydrogens is 290 g/mol. The summed E-state index contributed by atoms with van der Waals surface area (Å²) in [5, 5.41) is 12.9. The minimum absolute atomic E-state index is 0.431. The van der Waals surface area contributed by atoms with E-state index in [0.717, 1.165) is 29.5 Å². The first-order chi connectivity index (χ1) is 8.54. The van der Waals surface area contributed by atoms with Crippen molar-refractivity contribution in [2.45, 2.75) is 31.3 Å². The highest BCUT2D eigenvalue weighted by molar-refractivity contribution is 9.10. The first kappa shape index (κ1) is 13.4. The molecule has 1 N–H and O–H groups in total. The van der Waals surface area contributed by atoms with Crippen molar-refractivity contribution < 1.29 is 0 Å². The van der Waals surface area contributed by atoms with Crippen LogP contribution in [-0.2, 0) is 0 Å². The average Bonchev–Trinajstić information content (AvgIpc) is 2.37. The highest BCUT2D eigenvalue weighted by Crippen LogP contribution is 2.29. The molecule has 1 saturated heterocycles. The lowest BCUT2D eigenvalue weighted by molar-refractivity contribution is 0.167. The number of hydrogen-bond donors (Lipinski definition) is 1. The molecular formula is C14H18BrN3. The first-order valence-electron chi connectivity index (χ1n) is 6.20. The monoisotopic (exact) mass is 307 g/mol. The van der Waals surface area contributed by atoms with Gasteiger partial charge in [0.05, 0.1) is 6.07 Å². The number of halogens is 1. The zero-order valence-corrected chi connectivity index (χ0v) is 12.4. The zero-order valence-electron chi connectivity index (χ0n) is 10.8. The molecule has 2 rings (SSSR count). The largest absolute Gasteiger partial charge is 0.367 e. The molecule has 0 aromatic heterocycles. The van der Waals surface area contributed by atoms with Gasteiger partial charge in [-0.25, -0.2) is 0 Å². The number of rotatable bonds is 2. The van der Waals surface area contributed by atoms with Crippen molar-refractivity contribution in [3.8, 4) is 6.07 Å². The van der Waals surface area contributed by atoms with Gasteiger partial charge in [-0.2, -0.15) is 5.26 Å². The summed E-state index contributed by atoms with van der Waals surface area (Å²) < 4.78 is 1.05. The first-order valence-corrected chi connectivity index (χ1v) is 6.99. The van der Waals surface area contributed by atoms with E-state index in [1.165, 1.54) is 0 Å². The van der Waals surface area contributed by atoms with Gasteiger partial charge >= 0.3 is 0 Å². The second kappa shape index (κ2) is 5.29. The lowest BCUT2D eigenvalue weighted by Gasteiger charge is -2.41. The summed E-state index contributed by atoms with van der Waals surface area (Å²) in [5.41, 5.74) is 0.580. The maximum absolute atomic E-state index is 9.52. The SMILES string of the molecule is CC1CC(C#N)(Nc2ccc(Br)cc2)CCN1C. The van der Waals surface area contributed by atoms with Crippen LogP contribution in [-0.4, -0.2) is 30.1 Å². The van der Waals surface area contributed by atoms with Gasteiger partial charge in [-0.3, -0.25) is 0 Å². The molecule has 1 heterocycles. The Labute approximate surface area is 117 Å². The van der Waals surface area contributed by atoms with Crippen LogP contribution in [0.2, 0.25) is 0 Å². The summed E-state index contributed by atoms with van der Waals surface area (Å²) >= 11 is 3.42. The number of nitrogens with one attached hydrogen (secondary N) is 1. The Morgan fingerprint density at radius 3 is 2.67 bits per heavy atom. The topological polar surface area (TPSA) is 39.1 Å². The van der Waals surface area contributed by atoms with Crippen molar-refractivity contribution in [1.82, 2.24) is 4.90 Å². The van der Waals surface area contributed by atoms with Crippen LogP contribution >= 0.6 is 15.9 Å². The third kappa shape index (κ3) is 2.85. The Bertz CT molecular complexity index is 451. The van der Waals surface area contributed by atoms with E-state index >= 15 is 0 Å². The van der Waals surface area contributed by atoms with Gasteiger partial charge < -0.3 is 10.2 Å². The number of piperidine rings is 1. The minimum atomic E-state index is -0.431. The van der Waals surface area contributed by atoms with Gasteiger partial charge in [-0.1, -0.05) is 15.9 Å². The fourth-order valence-electron chi connectivity index (χ4n) is 2.40. The van der Waals surface area contributed by atoms with E-state index in [-0.39, 0.29) is 0 Å². The standard InChI is InChI=1S/C14H18BrN3/c1-11-9-14(10-16,7-8-18(11)2)17-13-5-3-12(15)4-6-13/h3-6,11,17H,7-9H2,1-2H3. The molecule has 96 valence electrons. The number of nitriles is 1. The van der Waals surface area contributed by atoms with E-state index in [1.54, 1.807) is 0 Å². The van der Waals surface area contributed by atoms with Crippen molar-refractivity contribution in [3.05, 3.63) is 28.7 Å². The van der Waals surface area contributed by atoms with Crippen molar-refractivity contribution in [3.63, 3.8) is 0 Å². The second-order valence-corrected chi connectivity index (χ2v) is 6.03. The van der Waals surface area contributed by atoms with Gasteiger partial charge in [0.1, 0.15) is 5.54 Å². The van der Waals surface area contributed by atoms with Crippen molar-refractivity contribution in [2.75, 3.05) is 18.9 Å². The summed E-state index contributed by atoms with van der Waals surface area (Å²) in [6.45, 7) is 3.13. The molecule has 0 radical (unpaired) electrons. The molecule has 3 nitrogen and oxygen atoms in total. The van der Waals surface area contributed by atoms with Gasteiger partial charge in [0.2, 0.25) is 0 Å². The summed E-state index contributed by atoms with van der Waals surface area (Å²) in [7, 11) is 2.12. The summed E-state index contributed by atoms with van der Waals surface area (Å²) in [5.74, 6) is 0. The van der Waals surface area contributed by atoms with Gasteiger partial charge in [0, 0.05) is 22.7 Å². The quantitative estimate of drug-likeness (QED) is 0.911. The van der Waals surface area contributed by atoms with Gasteiger partial charge in [-0.15, -0.1) is 0 Å². The van der Waals surface area contributed by atoms with E-state index in [2.05, 4.69) is 46.2 Å². The lowest BCUT2D eigenvalue weighted by Crippen LogP contribution is -2.51. The van der Waals surface area contributed by atoms with Gasteiger partial charge in [0.25, 0.3) is 0 Å². The highest BCUT2D eigenvalue weighted by atomic mass is 79.9. The van der Waals surface area contributed by atoms with E-state index < -0.39 is 5.54 Å². The molecule has 18 heavy (non-hydrogen) atoms. The molecule has 0 saturated carbocycles. The van der Waals surface area contributed by atoms with E-state index in [4.69, 9.17) is 0 Å². The predicted molar refractivity (Wildman–Crippen MR) is 77.4 cm³/mol. The Kier molecular flexibility index (Phi) is 3.94. The molecule has 2 atom stereocenters. The smallest absolute Gasteiger partial charge is 0.128 e. The molecule has 1 aliphatic rings. The van der Waals surface area contributed by atoms with Crippen molar-refractivity contribution >= 4 is 21.6 Å². The molecule has 1 aromatic carbocycles. The number of anilines is 1. The number of hydrogen-bond acceptors (Lipinski definition) is 3. The number of likely N-dealkylation sites (tertiary alicyclic amines) is 1. The Morgan fingerprint density at radius 1 is 1.44 bits per heavy atom. The minimum Gasteiger partial charge on any atom is -0.367 e. The Balaban J connectivity index is 2.14. The molecule has 0 amide bonds. The predicted octanol–water partition coefficient (Wildman–Crippen LogP) is 3.24. The number of benzene rings is 1. The molecule has 1 aliphatic heterocycles. The third-order valence-electron chi connectivity index (χ3n) is 3.73. The second-order valence-electron chi connectivity index (χ2n) is 5.11. The fourth-order valence-corrected chi connectivity index (χ4v) is 2.67. The molecule has 2 unspecified atom stereocenters. The Hall–Kier alpha value is -1.05. The van der Waals surface area contributed by atoms with E-state index in [1.807, 2.05) is 24.3 Å². The van der Waals surface area contributed by atoms with Crippen LogP contribution in [0, 0.1) is 11.3 Å². The maximum Gasteiger partial charge on any atom is 0.128 e. The van der Waals surface area contributed by atoms with Crippen LogP contribution < -0.4 is 5.32 Å². The van der Waals surface area contributed by atoms with Gasteiger partial charge in [0.15, 0.2) is 0 Å². The molecule has 1 fully saturated rings. The molecule has 1 aromatic rings. The third-order valence-corrected chi connectivity index (χ3v) is 4.26. The van der Waals surface area contributed by atoms with E-state index in [0.29, 0.717) is 6.04 Å². The van der Waals surface area contributed by atoms with Crippen LogP contribution in [0.5, 0.6) is 0 Å². The summed E-state index contributed by atoms with van der Waals surface area (Å²) in [6, 6.07) is 10.9. The van der Waals surface area contributed by atoms with Crippen LogP contribution in [0.4, 0.5) is 5.69 Å². The number of nitrogens with zero attached hydrogens (tertiary/aromatic N) is 2. The normalized spacial score (nSPS) is 28.7. The molecule has 0 spiro atoms. The summed E-state index contributed by atoms with van der Waals surface area (Å²) in [4.78, 5) is 2.30. The maximum atomic E-state index is 9.52. The van der Waals surface area contributed by atoms with Gasteiger partial charge in [-0.05, 0) is 51.1 Å².